The van der Waals surface area contributed by atoms with Gasteiger partial charge in [0.05, 0.1) is 7.11 Å². The second kappa shape index (κ2) is 5.68. The third-order valence-electron chi connectivity index (χ3n) is 4.02. The van der Waals surface area contributed by atoms with Crippen LogP contribution in [-0.4, -0.2) is 53.5 Å². The molecule has 0 aromatic carbocycles. The fourth-order valence-electron chi connectivity index (χ4n) is 2.55. The van der Waals surface area contributed by atoms with Crippen molar-refractivity contribution in [2.24, 2.45) is 0 Å². The van der Waals surface area contributed by atoms with E-state index in [1.165, 1.54) is 17.8 Å². The Morgan fingerprint density at radius 2 is 1.91 bits per heavy atom. The summed E-state index contributed by atoms with van der Waals surface area (Å²) in [6.45, 7) is 3.59. The first-order valence-electron chi connectivity index (χ1n) is 7.54. The number of hydrogen-bond donors (Lipinski definition) is 0. The van der Waals surface area contributed by atoms with Gasteiger partial charge in [0.1, 0.15) is 5.01 Å². The van der Waals surface area contributed by atoms with Crippen LogP contribution in [0.15, 0.2) is 12.3 Å². The van der Waals surface area contributed by atoms with Crippen LogP contribution in [0.1, 0.15) is 23.8 Å². The summed E-state index contributed by atoms with van der Waals surface area (Å²) in [6, 6.07) is 1.76. The molecule has 0 spiro atoms. The minimum absolute atomic E-state index is 0.602. The predicted octanol–water partition coefficient (Wildman–Crippen LogP) is 1.54. The van der Waals surface area contributed by atoms with E-state index in [0.29, 0.717) is 11.8 Å². The second-order valence-corrected chi connectivity index (χ2v) is 6.56. The van der Waals surface area contributed by atoms with Crippen molar-refractivity contribution in [1.29, 1.82) is 0 Å². The molecule has 1 saturated heterocycles. The number of piperazine rings is 1. The first-order valence-corrected chi connectivity index (χ1v) is 8.35. The highest BCUT2D eigenvalue weighted by molar-refractivity contribution is 7.15. The third kappa shape index (κ3) is 2.70. The van der Waals surface area contributed by atoms with Crippen LogP contribution in [0.3, 0.4) is 0 Å². The Kier molecular flexibility index (Phi) is 3.53. The Labute approximate surface area is 133 Å². The Morgan fingerprint density at radius 3 is 2.64 bits per heavy atom. The standard InChI is InChI=1S/C14H18N6OS/c1-21-11-4-5-15-13(16-11)19-6-8-20(9-7-19)14-18-17-12(22-14)10-2-3-10/h4-5,10H,2-3,6-9H2,1H3. The molecule has 8 heteroatoms. The zero-order valence-electron chi connectivity index (χ0n) is 12.5. The van der Waals surface area contributed by atoms with Gasteiger partial charge in [-0.3, -0.25) is 0 Å². The Morgan fingerprint density at radius 1 is 1.14 bits per heavy atom. The zero-order valence-corrected chi connectivity index (χ0v) is 13.3. The lowest BCUT2D eigenvalue weighted by Gasteiger charge is -2.34. The lowest BCUT2D eigenvalue weighted by Crippen LogP contribution is -2.47. The first-order chi connectivity index (χ1) is 10.8. The van der Waals surface area contributed by atoms with Crippen LogP contribution in [0.4, 0.5) is 11.1 Å². The van der Waals surface area contributed by atoms with E-state index in [0.717, 1.165) is 37.3 Å². The molecule has 1 aliphatic carbocycles. The Balaban J connectivity index is 1.40. The average molecular weight is 318 g/mol. The quantitative estimate of drug-likeness (QED) is 0.847. The molecule has 1 aliphatic heterocycles. The van der Waals surface area contributed by atoms with Crippen molar-refractivity contribution in [3.8, 4) is 5.88 Å². The molecule has 3 heterocycles. The summed E-state index contributed by atoms with van der Waals surface area (Å²) in [7, 11) is 1.62. The fraction of sp³-hybridized carbons (Fsp3) is 0.571. The number of nitrogens with zero attached hydrogens (tertiary/aromatic N) is 6. The van der Waals surface area contributed by atoms with E-state index in [1.54, 1.807) is 30.7 Å². The van der Waals surface area contributed by atoms with E-state index >= 15 is 0 Å². The molecule has 0 amide bonds. The SMILES string of the molecule is COc1ccnc(N2CCN(c3nnc(C4CC4)s3)CC2)n1. The van der Waals surface area contributed by atoms with E-state index in [4.69, 9.17) is 4.74 Å². The molecule has 0 N–H and O–H groups in total. The van der Waals surface area contributed by atoms with Gasteiger partial charge in [-0.15, -0.1) is 10.2 Å². The summed E-state index contributed by atoms with van der Waals surface area (Å²) in [4.78, 5) is 13.2. The molecule has 2 aromatic rings. The lowest BCUT2D eigenvalue weighted by atomic mass is 10.3. The van der Waals surface area contributed by atoms with Crippen LogP contribution in [-0.2, 0) is 0 Å². The highest BCUT2D eigenvalue weighted by Crippen LogP contribution is 2.42. The summed E-state index contributed by atoms with van der Waals surface area (Å²) >= 11 is 1.75. The van der Waals surface area contributed by atoms with Gasteiger partial charge in [-0.05, 0) is 12.8 Å². The maximum atomic E-state index is 5.16. The molecule has 2 fully saturated rings. The smallest absolute Gasteiger partial charge is 0.228 e. The maximum Gasteiger partial charge on any atom is 0.228 e. The van der Waals surface area contributed by atoms with Gasteiger partial charge in [-0.2, -0.15) is 4.98 Å². The van der Waals surface area contributed by atoms with Crippen LogP contribution in [0.5, 0.6) is 5.88 Å². The highest BCUT2D eigenvalue weighted by Gasteiger charge is 2.29. The van der Waals surface area contributed by atoms with E-state index in [-0.39, 0.29) is 0 Å². The van der Waals surface area contributed by atoms with Gasteiger partial charge < -0.3 is 14.5 Å². The number of ether oxygens (including phenoxy) is 1. The van der Waals surface area contributed by atoms with Crippen LogP contribution >= 0.6 is 11.3 Å². The Bertz CT molecular complexity index is 650. The number of methoxy groups -OCH3 is 1. The van der Waals surface area contributed by atoms with Crippen molar-refractivity contribution in [2.45, 2.75) is 18.8 Å². The van der Waals surface area contributed by atoms with Gasteiger partial charge in [0.25, 0.3) is 0 Å². The van der Waals surface area contributed by atoms with Gasteiger partial charge in [-0.25, -0.2) is 4.98 Å². The fourth-order valence-corrected chi connectivity index (χ4v) is 3.61. The number of rotatable bonds is 4. The Hall–Kier alpha value is -1.96. The van der Waals surface area contributed by atoms with E-state index in [2.05, 4.69) is 30.0 Å². The molecule has 0 unspecified atom stereocenters. The zero-order chi connectivity index (χ0) is 14.9. The van der Waals surface area contributed by atoms with E-state index in [9.17, 15) is 0 Å². The lowest BCUT2D eigenvalue weighted by molar-refractivity contribution is 0.396. The molecule has 7 nitrogen and oxygen atoms in total. The molecule has 2 aromatic heterocycles. The molecule has 116 valence electrons. The van der Waals surface area contributed by atoms with Gasteiger partial charge in [0.15, 0.2) is 0 Å². The van der Waals surface area contributed by atoms with E-state index < -0.39 is 0 Å². The molecule has 22 heavy (non-hydrogen) atoms. The maximum absolute atomic E-state index is 5.16. The second-order valence-electron chi connectivity index (χ2n) is 5.57. The topological polar surface area (TPSA) is 67.3 Å². The molecule has 0 atom stereocenters. The first kappa shape index (κ1) is 13.7. The number of anilines is 2. The van der Waals surface area contributed by atoms with Crippen molar-refractivity contribution in [2.75, 3.05) is 43.1 Å². The average Bonchev–Trinajstić information content (AvgIpc) is 3.32. The third-order valence-corrected chi connectivity index (χ3v) is 5.16. The van der Waals surface area contributed by atoms with E-state index in [1.807, 2.05) is 0 Å². The monoisotopic (exact) mass is 318 g/mol. The van der Waals surface area contributed by atoms with Crippen LogP contribution < -0.4 is 14.5 Å². The molecule has 0 radical (unpaired) electrons. The van der Waals surface area contributed by atoms with Crippen molar-refractivity contribution < 1.29 is 4.74 Å². The minimum Gasteiger partial charge on any atom is -0.481 e. The van der Waals surface area contributed by atoms with Crippen molar-refractivity contribution in [3.05, 3.63) is 17.3 Å². The van der Waals surface area contributed by atoms with Crippen LogP contribution in [0.2, 0.25) is 0 Å². The van der Waals surface area contributed by atoms with Gasteiger partial charge in [0, 0.05) is 44.4 Å². The summed E-state index contributed by atoms with van der Waals surface area (Å²) < 4.78 is 5.16. The molecule has 0 bridgehead atoms. The molecule has 4 rings (SSSR count). The largest absolute Gasteiger partial charge is 0.481 e. The minimum atomic E-state index is 0.602. The molecule has 1 saturated carbocycles. The van der Waals surface area contributed by atoms with Crippen molar-refractivity contribution in [3.63, 3.8) is 0 Å². The van der Waals surface area contributed by atoms with Crippen LogP contribution in [0, 0.1) is 0 Å². The summed E-state index contributed by atoms with van der Waals surface area (Å²) in [5, 5.41) is 10.9. The van der Waals surface area contributed by atoms with Gasteiger partial charge in [-0.1, -0.05) is 11.3 Å². The highest BCUT2D eigenvalue weighted by atomic mass is 32.1. The molecular weight excluding hydrogens is 300 g/mol. The number of hydrogen-bond acceptors (Lipinski definition) is 8. The summed E-state index contributed by atoms with van der Waals surface area (Å²) in [5.41, 5.74) is 0. The van der Waals surface area contributed by atoms with Gasteiger partial charge in [0.2, 0.25) is 17.0 Å². The molecule has 2 aliphatic rings. The van der Waals surface area contributed by atoms with Gasteiger partial charge >= 0.3 is 0 Å². The number of aromatic nitrogens is 4. The molecular formula is C14H18N6OS. The van der Waals surface area contributed by atoms with Crippen LogP contribution in [0.25, 0.3) is 0 Å². The summed E-state index contributed by atoms with van der Waals surface area (Å²) in [6.07, 6.45) is 4.28. The normalized spacial score (nSPS) is 18.6. The predicted molar refractivity (Wildman–Crippen MR) is 84.9 cm³/mol. The van der Waals surface area contributed by atoms with Crippen molar-refractivity contribution in [1.82, 2.24) is 20.2 Å². The van der Waals surface area contributed by atoms with Crippen molar-refractivity contribution >= 4 is 22.4 Å². The summed E-state index contributed by atoms with van der Waals surface area (Å²) in [5.74, 6) is 2.01.